The third-order valence-corrected chi connectivity index (χ3v) is 14.1. The lowest BCUT2D eigenvalue weighted by Gasteiger charge is -2.32. The van der Waals surface area contributed by atoms with Crippen molar-refractivity contribution in [2.45, 2.75) is 112 Å². The second-order valence-corrected chi connectivity index (χ2v) is 22.8. The fourth-order valence-electron chi connectivity index (χ4n) is 9.65. The van der Waals surface area contributed by atoms with Crippen LogP contribution in [0.3, 0.4) is 0 Å². The highest BCUT2D eigenvalue weighted by Gasteiger charge is 2.34. The van der Waals surface area contributed by atoms with E-state index in [1.54, 1.807) is 0 Å². The molecule has 0 aliphatic carbocycles. The molecule has 342 valence electrons. The van der Waals surface area contributed by atoms with Crippen LogP contribution in [-0.2, 0) is 21.7 Å². The molecule has 0 bridgehead atoms. The van der Waals surface area contributed by atoms with E-state index in [0.29, 0.717) is 6.67 Å². The van der Waals surface area contributed by atoms with Crippen molar-refractivity contribution in [3.05, 3.63) is 203 Å². The van der Waals surface area contributed by atoms with Gasteiger partial charge in [0.1, 0.15) is 17.3 Å². The van der Waals surface area contributed by atoms with Crippen LogP contribution >= 0.6 is 0 Å². The molecule has 67 heavy (non-hydrogen) atoms. The Labute approximate surface area is 399 Å². The summed E-state index contributed by atoms with van der Waals surface area (Å²) in [5.74, 6) is 2.48. The summed E-state index contributed by atoms with van der Waals surface area (Å²) in [5, 5.41) is 2.35. The molecule has 0 atom stereocenters. The number of rotatable bonds is 9. The summed E-state index contributed by atoms with van der Waals surface area (Å²) in [7, 11) is 0. The largest absolute Gasteiger partial charge is 0.457 e. The van der Waals surface area contributed by atoms with Crippen molar-refractivity contribution in [1.29, 1.82) is 0 Å². The van der Waals surface area contributed by atoms with Crippen LogP contribution in [0, 0.1) is 5.41 Å². The number of pyridine rings is 1. The van der Waals surface area contributed by atoms with Crippen molar-refractivity contribution >= 4 is 33.2 Å². The third kappa shape index (κ3) is 8.77. The third-order valence-electron chi connectivity index (χ3n) is 14.1. The van der Waals surface area contributed by atoms with E-state index in [1.807, 2.05) is 6.20 Å². The first-order valence-electron chi connectivity index (χ1n) is 24.0. The van der Waals surface area contributed by atoms with Gasteiger partial charge in [0.2, 0.25) is 0 Å². The van der Waals surface area contributed by atoms with Crippen LogP contribution in [0.25, 0.3) is 27.6 Å². The van der Waals surface area contributed by atoms with Gasteiger partial charge in [-0.15, -0.1) is 0 Å². The molecule has 1 aliphatic heterocycles. The molecule has 0 amide bonds. The summed E-state index contributed by atoms with van der Waals surface area (Å²) >= 11 is 0. The van der Waals surface area contributed by atoms with Crippen LogP contribution in [0.2, 0.25) is 0 Å². The maximum absolute atomic E-state index is 7.06. The Morgan fingerprint density at radius 2 is 1.04 bits per heavy atom. The highest BCUT2D eigenvalue weighted by molar-refractivity contribution is 6.10. The van der Waals surface area contributed by atoms with Crippen LogP contribution in [0.15, 0.2) is 170 Å². The highest BCUT2D eigenvalue weighted by atomic mass is 16.5. The minimum atomic E-state index is -0.190. The van der Waals surface area contributed by atoms with Gasteiger partial charge in [0, 0.05) is 68.6 Å². The summed E-state index contributed by atoms with van der Waals surface area (Å²) in [6, 6.07) is 55.4. The van der Waals surface area contributed by atoms with Gasteiger partial charge in [0.05, 0.1) is 17.7 Å². The molecule has 5 nitrogen and oxygen atoms in total. The predicted octanol–water partition coefficient (Wildman–Crippen LogP) is 16.4. The highest BCUT2D eigenvalue weighted by Crippen LogP contribution is 2.44. The second kappa shape index (κ2) is 16.6. The van der Waals surface area contributed by atoms with Crippen LogP contribution in [0.1, 0.15) is 123 Å². The summed E-state index contributed by atoms with van der Waals surface area (Å²) in [5.41, 5.74) is 12.7. The van der Waals surface area contributed by atoms with Crippen molar-refractivity contribution in [3.8, 4) is 17.3 Å². The van der Waals surface area contributed by atoms with Gasteiger partial charge in [-0.2, -0.15) is 0 Å². The van der Waals surface area contributed by atoms with Crippen molar-refractivity contribution in [2.75, 3.05) is 16.5 Å². The Morgan fingerprint density at radius 1 is 0.433 bits per heavy atom. The lowest BCUT2D eigenvalue weighted by molar-refractivity contribution is 0.477. The Balaban J connectivity index is 1.13. The number of hydrogen-bond donors (Lipinski definition) is 0. The molecule has 0 spiro atoms. The van der Waals surface area contributed by atoms with E-state index in [-0.39, 0.29) is 27.1 Å². The fourth-order valence-corrected chi connectivity index (χ4v) is 9.65. The van der Waals surface area contributed by atoms with Crippen molar-refractivity contribution in [1.82, 2.24) is 9.55 Å². The quantitative estimate of drug-likeness (QED) is 0.145. The Morgan fingerprint density at radius 3 is 1.67 bits per heavy atom. The van der Waals surface area contributed by atoms with Gasteiger partial charge < -0.3 is 14.5 Å². The number of benzene rings is 6. The molecule has 5 heteroatoms. The van der Waals surface area contributed by atoms with Gasteiger partial charge in [-0.25, -0.2) is 4.98 Å². The number of hydrogen-bond acceptors (Lipinski definition) is 4. The zero-order valence-electron chi connectivity index (χ0n) is 42.0. The first-order chi connectivity index (χ1) is 31.6. The van der Waals surface area contributed by atoms with E-state index in [0.717, 1.165) is 39.4 Å². The van der Waals surface area contributed by atoms with E-state index >= 15 is 0 Å². The van der Waals surface area contributed by atoms with E-state index in [1.165, 1.54) is 50.2 Å². The average Bonchev–Trinajstić information content (AvgIpc) is 3.90. The molecular weight excluding hydrogens is 817 g/mol. The Kier molecular flexibility index (Phi) is 11.3. The van der Waals surface area contributed by atoms with Crippen LogP contribution < -0.4 is 14.5 Å². The number of nitrogens with zero attached hydrogens (tertiary/aromatic N) is 4. The van der Waals surface area contributed by atoms with Crippen molar-refractivity contribution in [3.63, 3.8) is 0 Å². The predicted molar refractivity (Wildman–Crippen MR) is 283 cm³/mol. The zero-order valence-corrected chi connectivity index (χ0v) is 42.0. The van der Waals surface area contributed by atoms with E-state index in [9.17, 15) is 0 Å². The van der Waals surface area contributed by atoms with Gasteiger partial charge in [0.15, 0.2) is 0 Å². The van der Waals surface area contributed by atoms with Crippen LogP contribution in [0.5, 0.6) is 11.5 Å². The minimum Gasteiger partial charge on any atom is -0.457 e. The monoisotopic (exact) mass is 885 g/mol. The summed E-state index contributed by atoms with van der Waals surface area (Å²) in [6.07, 6.45) is 4.29. The maximum atomic E-state index is 7.06. The summed E-state index contributed by atoms with van der Waals surface area (Å²) in [4.78, 5) is 9.89. The molecule has 0 saturated heterocycles. The summed E-state index contributed by atoms with van der Waals surface area (Å²) in [6.45, 7) is 30.5. The molecule has 3 heterocycles. The molecule has 0 unspecified atom stereocenters. The number of anilines is 2. The van der Waals surface area contributed by atoms with Crippen molar-refractivity contribution in [2.24, 2.45) is 5.41 Å². The molecule has 0 saturated carbocycles. The molecule has 0 radical (unpaired) electrons. The topological polar surface area (TPSA) is 33.5 Å². The van der Waals surface area contributed by atoms with Gasteiger partial charge >= 0.3 is 0 Å². The van der Waals surface area contributed by atoms with E-state index < -0.39 is 0 Å². The van der Waals surface area contributed by atoms with Crippen LogP contribution in [0.4, 0.5) is 11.4 Å². The van der Waals surface area contributed by atoms with Gasteiger partial charge in [0.25, 0.3) is 0 Å². The Bertz CT molecular complexity index is 3130. The lowest BCUT2D eigenvalue weighted by Crippen LogP contribution is -2.31. The SMILES string of the molecule is CC(C)(C)C1=CN(c2cccc(C(C)(C)c3ccccc3)c2)CN1c1cc(Oc2ccc3c4cc(C(C)(C)c5ccccc5)ccc4n(-c4cc(C(C)(C)C)ccn4)c3c2)cc(C(C)(C)C)c1. The molecule has 0 fully saturated rings. The second-order valence-electron chi connectivity index (χ2n) is 22.8. The van der Waals surface area contributed by atoms with E-state index in [2.05, 4.69) is 262 Å². The fraction of sp³-hybridized carbons (Fsp3) is 0.306. The number of fused-ring (bicyclic) bond motifs is 3. The van der Waals surface area contributed by atoms with Gasteiger partial charge in [-0.05, 0) is 105 Å². The van der Waals surface area contributed by atoms with Crippen LogP contribution in [-0.4, -0.2) is 16.2 Å². The maximum Gasteiger partial charge on any atom is 0.137 e. The molecular formula is C62H68N4O. The first kappa shape index (κ1) is 45.6. The first-order valence-corrected chi connectivity index (χ1v) is 24.0. The lowest BCUT2D eigenvalue weighted by atomic mass is 9.78. The van der Waals surface area contributed by atoms with Gasteiger partial charge in [-0.3, -0.25) is 4.57 Å². The molecule has 8 aromatic rings. The standard InChI is InChI=1S/C62H68N4O/c1-58(2,3)44-31-32-63-57(37-44)66-54-30-27-46(62(12,13)43-23-18-15-19-24-43)36-53(54)52-29-28-50(39-55(52)66)67-51-35-47(59(4,5)6)34-49(38-51)65-41-64(40-56(65)60(7,8)9)48-26-20-25-45(33-48)61(10,11)42-21-16-14-17-22-42/h14-40H,41H2,1-13H3. The smallest absolute Gasteiger partial charge is 0.137 e. The normalized spacial score (nSPS) is 14.0. The number of aromatic nitrogens is 2. The average molecular weight is 885 g/mol. The van der Waals surface area contributed by atoms with Crippen molar-refractivity contribution < 1.29 is 4.74 Å². The molecule has 6 aromatic carbocycles. The number of allylic oxidation sites excluding steroid dienone is 1. The minimum absolute atomic E-state index is 0.0366. The van der Waals surface area contributed by atoms with Gasteiger partial charge in [-0.1, -0.05) is 169 Å². The zero-order chi connectivity index (χ0) is 47.7. The molecule has 0 N–H and O–H groups in total. The Hall–Kier alpha value is -6.59. The molecule has 9 rings (SSSR count). The molecule has 1 aliphatic rings. The number of ether oxygens (including phenoxy) is 1. The summed E-state index contributed by atoms with van der Waals surface area (Å²) < 4.78 is 9.38. The molecule has 2 aromatic heterocycles. The van der Waals surface area contributed by atoms with E-state index in [4.69, 9.17) is 9.72 Å².